The molecule has 0 saturated carbocycles. The Morgan fingerprint density at radius 3 is 2.64 bits per heavy atom. The maximum absolute atomic E-state index is 12.3. The zero-order chi connectivity index (χ0) is 20.1. The van der Waals surface area contributed by atoms with Crippen molar-refractivity contribution in [1.29, 1.82) is 0 Å². The van der Waals surface area contributed by atoms with Crippen molar-refractivity contribution < 1.29 is 24.2 Å². The molecule has 2 N–H and O–H groups in total. The number of nitrogens with one attached hydrogen (secondary N) is 1. The van der Waals surface area contributed by atoms with E-state index in [0.717, 1.165) is 5.69 Å². The molecular formula is C20H18N2O5S. The number of para-hydroxylation sites is 2. The molecule has 1 saturated heterocycles. The van der Waals surface area contributed by atoms with Crippen molar-refractivity contribution in [3.05, 3.63) is 59.0 Å². The fourth-order valence-corrected chi connectivity index (χ4v) is 3.23. The molecule has 0 radical (unpaired) electrons. The predicted octanol–water partition coefficient (Wildman–Crippen LogP) is 3.44. The van der Waals surface area contributed by atoms with E-state index >= 15 is 0 Å². The monoisotopic (exact) mass is 398 g/mol. The molecule has 1 fully saturated rings. The van der Waals surface area contributed by atoms with Crippen molar-refractivity contribution in [3.63, 3.8) is 0 Å². The second-order valence-electron chi connectivity index (χ2n) is 5.79. The highest BCUT2D eigenvalue weighted by molar-refractivity contribution is 8.18. The number of methoxy groups -OCH3 is 1. The van der Waals surface area contributed by atoms with E-state index < -0.39 is 12.1 Å². The summed E-state index contributed by atoms with van der Waals surface area (Å²) in [7, 11) is 1.46. The molecule has 1 heterocycles. The Hall–Kier alpha value is -3.26. The van der Waals surface area contributed by atoms with E-state index in [2.05, 4.69) is 10.3 Å². The molecule has 0 unspecified atom stereocenters. The smallest absolute Gasteiger partial charge is 0.344 e. The molecule has 0 aliphatic carbocycles. The lowest BCUT2D eigenvalue weighted by molar-refractivity contribution is -0.144. The number of carbonyl (C=O) groups is 2. The molecule has 7 nitrogen and oxygen atoms in total. The van der Waals surface area contributed by atoms with Crippen molar-refractivity contribution in [2.24, 2.45) is 4.99 Å². The summed E-state index contributed by atoms with van der Waals surface area (Å²) in [4.78, 5) is 28.3. The number of carboxylic acids is 1. The maximum Gasteiger partial charge on any atom is 0.344 e. The van der Waals surface area contributed by atoms with Crippen LogP contribution in [0.15, 0.2) is 58.4 Å². The fourth-order valence-electron chi connectivity index (χ4n) is 2.40. The number of ether oxygens (including phenoxy) is 2. The maximum atomic E-state index is 12.3. The first kappa shape index (κ1) is 19.5. The van der Waals surface area contributed by atoms with Crippen LogP contribution in [0.5, 0.6) is 11.5 Å². The number of carboxylic acid groups (broad SMARTS) is 1. The Labute approximate surface area is 166 Å². The van der Waals surface area contributed by atoms with Gasteiger partial charge in [0.25, 0.3) is 5.91 Å². The third-order valence-electron chi connectivity index (χ3n) is 3.80. The summed E-state index contributed by atoms with van der Waals surface area (Å²) < 4.78 is 10.8. The van der Waals surface area contributed by atoms with Crippen molar-refractivity contribution in [3.8, 4) is 11.5 Å². The van der Waals surface area contributed by atoms with E-state index in [4.69, 9.17) is 14.6 Å². The SMILES string of the molecule is COc1cccc(/C=C2\SC(=Nc3ccccc3)NC2=O)c1O[C@@H](C)C(=O)O. The number of aliphatic carboxylic acids is 1. The van der Waals surface area contributed by atoms with Gasteiger partial charge in [0.1, 0.15) is 0 Å². The van der Waals surface area contributed by atoms with E-state index in [9.17, 15) is 9.59 Å². The minimum atomic E-state index is -1.10. The number of aliphatic imine (C=N–C) groups is 1. The molecule has 2 aromatic carbocycles. The van der Waals surface area contributed by atoms with Crippen molar-refractivity contribution in [2.75, 3.05) is 7.11 Å². The van der Waals surface area contributed by atoms with Crippen molar-refractivity contribution in [2.45, 2.75) is 13.0 Å². The zero-order valence-corrected chi connectivity index (χ0v) is 16.0. The van der Waals surface area contributed by atoms with Crippen LogP contribution in [-0.4, -0.2) is 35.4 Å². The van der Waals surface area contributed by atoms with E-state index in [1.165, 1.54) is 25.8 Å². The van der Waals surface area contributed by atoms with Crippen molar-refractivity contribution in [1.82, 2.24) is 5.32 Å². The Balaban J connectivity index is 1.91. The van der Waals surface area contributed by atoms with Crippen LogP contribution in [0.4, 0.5) is 5.69 Å². The number of amidine groups is 1. The van der Waals surface area contributed by atoms with Crippen LogP contribution in [0.25, 0.3) is 6.08 Å². The molecule has 2 aromatic rings. The molecule has 144 valence electrons. The summed E-state index contributed by atoms with van der Waals surface area (Å²) in [5.74, 6) is -0.757. The van der Waals surface area contributed by atoms with Crippen LogP contribution >= 0.6 is 11.8 Å². The average Bonchev–Trinajstić information content (AvgIpc) is 3.02. The second-order valence-corrected chi connectivity index (χ2v) is 6.82. The number of hydrogen-bond donors (Lipinski definition) is 2. The van der Waals surface area contributed by atoms with Gasteiger partial charge in [-0.3, -0.25) is 4.79 Å². The lowest BCUT2D eigenvalue weighted by atomic mass is 10.1. The molecule has 1 amide bonds. The Morgan fingerprint density at radius 1 is 1.21 bits per heavy atom. The lowest BCUT2D eigenvalue weighted by Crippen LogP contribution is -2.23. The molecule has 1 aliphatic heterocycles. The van der Waals surface area contributed by atoms with Crippen LogP contribution in [-0.2, 0) is 9.59 Å². The molecule has 0 bridgehead atoms. The Bertz CT molecular complexity index is 956. The van der Waals surface area contributed by atoms with E-state index in [0.29, 0.717) is 21.4 Å². The van der Waals surface area contributed by atoms with Crippen LogP contribution in [0.1, 0.15) is 12.5 Å². The third-order valence-corrected chi connectivity index (χ3v) is 4.71. The highest BCUT2D eigenvalue weighted by atomic mass is 32.2. The van der Waals surface area contributed by atoms with E-state index in [1.54, 1.807) is 24.3 Å². The van der Waals surface area contributed by atoms with E-state index in [-0.39, 0.29) is 11.7 Å². The number of amides is 1. The van der Waals surface area contributed by atoms with Gasteiger partial charge in [0.2, 0.25) is 0 Å². The molecule has 1 aliphatic rings. The van der Waals surface area contributed by atoms with Crippen LogP contribution < -0.4 is 14.8 Å². The van der Waals surface area contributed by atoms with Crippen LogP contribution in [0.3, 0.4) is 0 Å². The molecular weight excluding hydrogens is 380 g/mol. The zero-order valence-electron chi connectivity index (χ0n) is 15.2. The van der Waals surface area contributed by atoms with Gasteiger partial charge in [-0.15, -0.1) is 0 Å². The summed E-state index contributed by atoms with van der Waals surface area (Å²) in [6.07, 6.45) is 0.550. The first-order chi connectivity index (χ1) is 13.5. The summed E-state index contributed by atoms with van der Waals surface area (Å²) in [6, 6.07) is 14.4. The van der Waals surface area contributed by atoms with Gasteiger partial charge >= 0.3 is 5.97 Å². The van der Waals surface area contributed by atoms with Gasteiger partial charge < -0.3 is 19.9 Å². The van der Waals surface area contributed by atoms with Gasteiger partial charge in [-0.1, -0.05) is 30.3 Å². The molecule has 3 rings (SSSR count). The summed E-state index contributed by atoms with van der Waals surface area (Å²) in [6.45, 7) is 1.42. The molecule has 0 spiro atoms. The number of thioether (sulfide) groups is 1. The standard InChI is InChI=1S/C20H18N2O5S/c1-12(19(24)25)27-17-13(7-6-10-15(17)26-2)11-16-18(23)22-20(28-16)21-14-8-4-3-5-9-14/h3-12H,1-2H3,(H,24,25)(H,21,22,23)/b16-11-/t12-/m0/s1. The number of nitrogens with zero attached hydrogens (tertiary/aromatic N) is 1. The predicted molar refractivity (Wildman–Crippen MR) is 108 cm³/mol. The highest BCUT2D eigenvalue weighted by Gasteiger charge is 2.25. The topological polar surface area (TPSA) is 97.2 Å². The first-order valence-corrected chi connectivity index (χ1v) is 9.20. The summed E-state index contributed by atoms with van der Waals surface area (Å²) in [5, 5.41) is 12.3. The van der Waals surface area contributed by atoms with Gasteiger partial charge in [-0.25, -0.2) is 9.79 Å². The van der Waals surface area contributed by atoms with E-state index in [1.807, 2.05) is 30.3 Å². The molecule has 28 heavy (non-hydrogen) atoms. The quantitative estimate of drug-likeness (QED) is 0.724. The second kappa shape index (κ2) is 8.62. The molecule has 0 aromatic heterocycles. The lowest BCUT2D eigenvalue weighted by Gasteiger charge is -2.16. The summed E-state index contributed by atoms with van der Waals surface area (Å²) >= 11 is 1.19. The number of rotatable bonds is 6. The van der Waals surface area contributed by atoms with Gasteiger partial charge in [0.15, 0.2) is 22.8 Å². The Kier molecular flexibility index (Phi) is 6.00. The van der Waals surface area contributed by atoms with Crippen LogP contribution in [0.2, 0.25) is 0 Å². The fraction of sp³-hybridized carbons (Fsp3) is 0.150. The van der Waals surface area contributed by atoms with Gasteiger partial charge in [-0.05, 0) is 43.0 Å². The van der Waals surface area contributed by atoms with Gasteiger partial charge in [-0.2, -0.15) is 0 Å². The third kappa shape index (κ3) is 4.52. The van der Waals surface area contributed by atoms with Gasteiger partial charge in [0.05, 0.1) is 17.7 Å². The minimum absolute atomic E-state index is 0.259. The summed E-state index contributed by atoms with van der Waals surface area (Å²) in [5.41, 5.74) is 1.26. The average molecular weight is 398 g/mol. The number of carbonyl (C=O) groups excluding carboxylic acids is 1. The minimum Gasteiger partial charge on any atom is -0.493 e. The molecule has 1 atom stereocenters. The van der Waals surface area contributed by atoms with Gasteiger partial charge in [0, 0.05) is 5.56 Å². The largest absolute Gasteiger partial charge is 0.493 e. The van der Waals surface area contributed by atoms with Crippen LogP contribution in [0, 0.1) is 0 Å². The highest BCUT2D eigenvalue weighted by Crippen LogP contribution is 2.36. The Morgan fingerprint density at radius 2 is 1.96 bits per heavy atom. The number of hydrogen-bond acceptors (Lipinski definition) is 6. The number of benzene rings is 2. The van der Waals surface area contributed by atoms with Crippen molar-refractivity contribution >= 4 is 40.6 Å². The molecule has 8 heteroatoms. The normalized spacial score (nSPS) is 17.4. The first-order valence-electron chi connectivity index (χ1n) is 8.39.